The molecular formula is C16H22O7. The molecule has 0 aromatic heterocycles. The Bertz CT molecular complexity index is 405. The van der Waals surface area contributed by atoms with Gasteiger partial charge in [0.2, 0.25) is 0 Å². The Morgan fingerprint density at radius 2 is 1.22 bits per heavy atom. The van der Waals surface area contributed by atoms with Crippen molar-refractivity contribution in [1.82, 2.24) is 0 Å². The van der Waals surface area contributed by atoms with Gasteiger partial charge in [-0.3, -0.25) is 0 Å². The Kier molecular flexibility index (Phi) is 9.26. The van der Waals surface area contributed by atoms with Crippen LogP contribution >= 0.6 is 0 Å². The first-order chi connectivity index (χ1) is 10.8. The van der Waals surface area contributed by atoms with E-state index in [-0.39, 0.29) is 26.2 Å². The number of esters is 3. The lowest BCUT2D eigenvalue weighted by Crippen LogP contribution is -2.41. The highest BCUT2D eigenvalue weighted by molar-refractivity contribution is 5.82. The normalized spacial score (nSPS) is 11.7. The van der Waals surface area contributed by atoms with Crippen LogP contribution in [0.1, 0.15) is 13.3 Å². The Balaban J connectivity index is 5.21. The molecular weight excluding hydrogens is 304 g/mol. The number of rotatable bonds is 11. The largest absolute Gasteiger partial charge is 0.462 e. The molecule has 23 heavy (non-hydrogen) atoms. The number of ether oxygens (including phenoxy) is 3. The van der Waals surface area contributed by atoms with Gasteiger partial charge in [-0.25, -0.2) is 14.4 Å². The summed E-state index contributed by atoms with van der Waals surface area (Å²) in [5.74, 6) is -2.07. The van der Waals surface area contributed by atoms with Crippen LogP contribution < -0.4 is 0 Å². The molecule has 0 bridgehead atoms. The van der Waals surface area contributed by atoms with E-state index in [1.54, 1.807) is 0 Å². The highest BCUT2D eigenvalue weighted by atomic mass is 16.6. The molecule has 0 saturated carbocycles. The van der Waals surface area contributed by atoms with Crippen molar-refractivity contribution in [3.63, 3.8) is 0 Å². The molecule has 1 N–H and O–H groups in total. The zero-order valence-electron chi connectivity index (χ0n) is 13.2. The number of carbonyl (C=O) groups excluding carboxylic acids is 3. The first-order valence-electron chi connectivity index (χ1n) is 6.84. The van der Waals surface area contributed by atoms with E-state index in [4.69, 9.17) is 14.2 Å². The van der Waals surface area contributed by atoms with E-state index < -0.39 is 29.4 Å². The summed E-state index contributed by atoms with van der Waals surface area (Å²) in [6.07, 6.45) is 2.16. The minimum absolute atomic E-state index is 0.0618. The van der Waals surface area contributed by atoms with Crippen LogP contribution in [0.2, 0.25) is 0 Å². The molecule has 0 radical (unpaired) electrons. The van der Waals surface area contributed by atoms with Crippen molar-refractivity contribution >= 4 is 17.9 Å². The summed E-state index contributed by atoms with van der Waals surface area (Å²) in [5.41, 5.74) is -1.11. The van der Waals surface area contributed by atoms with Gasteiger partial charge in [0, 0.05) is 18.2 Å². The van der Waals surface area contributed by atoms with Crippen molar-refractivity contribution in [3.05, 3.63) is 38.0 Å². The van der Waals surface area contributed by atoms with Gasteiger partial charge in [-0.15, -0.1) is 0 Å². The maximum atomic E-state index is 11.3. The summed E-state index contributed by atoms with van der Waals surface area (Å²) < 4.78 is 15.0. The maximum absolute atomic E-state index is 11.3. The molecule has 0 spiro atoms. The molecule has 0 aliphatic heterocycles. The molecule has 0 heterocycles. The average Bonchev–Trinajstić information content (AvgIpc) is 2.54. The fourth-order valence-corrected chi connectivity index (χ4v) is 1.78. The second kappa shape index (κ2) is 10.3. The van der Waals surface area contributed by atoms with E-state index in [2.05, 4.69) is 19.7 Å². The zero-order valence-corrected chi connectivity index (χ0v) is 13.2. The monoisotopic (exact) mass is 326 g/mol. The molecule has 1 unspecified atom stereocenters. The molecule has 0 aliphatic rings. The number of carbonyl (C=O) groups is 3. The summed E-state index contributed by atoms with van der Waals surface area (Å²) in [5, 5.41) is 9.67. The minimum Gasteiger partial charge on any atom is -0.462 e. The van der Waals surface area contributed by atoms with Crippen LogP contribution in [-0.2, 0) is 28.6 Å². The molecule has 0 saturated heterocycles. The molecule has 7 heteroatoms. The van der Waals surface area contributed by atoms with Crippen LogP contribution in [0.3, 0.4) is 0 Å². The van der Waals surface area contributed by atoms with E-state index in [0.717, 1.165) is 18.2 Å². The Hall–Kier alpha value is -2.41. The quantitative estimate of drug-likeness (QED) is 0.342. The summed E-state index contributed by atoms with van der Waals surface area (Å²) >= 11 is 0. The second-order valence-corrected chi connectivity index (χ2v) is 4.99. The molecule has 7 nitrogen and oxygen atoms in total. The fourth-order valence-electron chi connectivity index (χ4n) is 1.78. The molecule has 0 amide bonds. The predicted molar refractivity (Wildman–Crippen MR) is 82.2 cm³/mol. The van der Waals surface area contributed by atoms with Crippen LogP contribution in [-0.4, -0.2) is 48.9 Å². The third-order valence-corrected chi connectivity index (χ3v) is 2.79. The van der Waals surface area contributed by atoms with Crippen molar-refractivity contribution < 1.29 is 33.7 Å². The Labute approximate surface area is 135 Å². The lowest BCUT2D eigenvalue weighted by atomic mass is 9.84. The topological polar surface area (TPSA) is 99.1 Å². The van der Waals surface area contributed by atoms with Gasteiger partial charge in [0.25, 0.3) is 0 Å². The molecule has 0 aromatic rings. The van der Waals surface area contributed by atoms with E-state index in [9.17, 15) is 19.5 Å². The van der Waals surface area contributed by atoms with Crippen molar-refractivity contribution in [2.24, 2.45) is 5.41 Å². The minimum atomic E-state index is -1.11. The van der Waals surface area contributed by atoms with Gasteiger partial charge in [-0.05, 0) is 13.3 Å². The number of aliphatic hydroxyl groups excluding tert-OH is 1. The fraction of sp³-hybridized carbons (Fsp3) is 0.438. The van der Waals surface area contributed by atoms with Gasteiger partial charge in [0.15, 0.2) is 0 Å². The van der Waals surface area contributed by atoms with E-state index in [0.29, 0.717) is 0 Å². The molecule has 0 rings (SSSR count). The number of hydrogen-bond acceptors (Lipinski definition) is 7. The van der Waals surface area contributed by atoms with Crippen LogP contribution in [0.5, 0.6) is 0 Å². The predicted octanol–water partition coefficient (Wildman–Crippen LogP) is 0.931. The van der Waals surface area contributed by atoms with E-state index in [1.165, 1.54) is 6.92 Å². The van der Waals surface area contributed by atoms with Crippen molar-refractivity contribution in [3.8, 4) is 0 Å². The van der Waals surface area contributed by atoms with Gasteiger partial charge >= 0.3 is 17.9 Å². The lowest BCUT2D eigenvalue weighted by Gasteiger charge is -2.32. The SMILES string of the molecule is C=CC(=O)OCC(COC(=O)C=C)(COC(=O)C=C)CC(C)O. The van der Waals surface area contributed by atoms with Crippen LogP contribution in [0.4, 0.5) is 0 Å². The Morgan fingerprint density at radius 3 is 1.43 bits per heavy atom. The van der Waals surface area contributed by atoms with Crippen LogP contribution in [0.25, 0.3) is 0 Å². The summed E-state index contributed by atoms with van der Waals surface area (Å²) in [6, 6.07) is 0. The molecule has 0 aromatic carbocycles. The number of hydrogen-bond donors (Lipinski definition) is 1. The van der Waals surface area contributed by atoms with Crippen LogP contribution in [0, 0.1) is 5.41 Å². The second-order valence-electron chi connectivity index (χ2n) is 4.99. The first kappa shape index (κ1) is 20.6. The van der Waals surface area contributed by atoms with Gasteiger partial charge in [-0.1, -0.05) is 19.7 Å². The summed E-state index contributed by atoms with van der Waals surface area (Å²) in [4.78, 5) is 33.8. The van der Waals surface area contributed by atoms with E-state index in [1.807, 2.05) is 0 Å². The molecule has 0 aliphatic carbocycles. The van der Waals surface area contributed by atoms with Gasteiger partial charge in [-0.2, -0.15) is 0 Å². The zero-order chi connectivity index (χ0) is 17.9. The lowest BCUT2D eigenvalue weighted by molar-refractivity contribution is -0.158. The molecule has 128 valence electrons. The van der Waals surface area contributed by atoms with Crippen molar-refractivity contribution in [2.45, 2.75) is 19.4 Å². The van der Waals surface area contributed by atoms with Gasteiger partial charge < -0.3 is 19.3 Å². The van der Waals surface area contributed by atoms with E-state index >= 15 is 0 Å². The standard InChI is InChI=1S/C16H22O7/c1-5-13(18)21-9-16(8-12(4)17,10-22-14(19)6-2)11-23-15(20)7-3/h5-7,12,17H,1-3,8-11H2,4H3. The third kappa shape index (κ3) is 8.57. The van der Waals surface area contributed by atoms with Gasteiger partial charge in [0.1, 0.15) is 19.8 Å². The first-order valence-corrected chi connectivity index (χ1v) is 6.84. The number of aliphatic hydroxyl groups is 1. The smallest absolute Gasteiger partial charge is 0.330 e. The maximum Gasteiger partial charge on any atom is 0.330 e. The van der Waals surface area contributed by atoms with Crippen molar-refractivity contribution in [1.29, 1.82) is 0 Å². The van der Waals surface area contributed by atoms with Crippen LogP contribution in [0.15, 0.2) is 38.0 Å². The highest BCUT2D eigenvalue weighted by Gasteiger charge is 2.36. The summed E-state index contributed by atoms with van der Waals surface area (Å²) in [7, 11) is 0. The van der Waals surface area contributed by atoms with Crippen molar-refractivity contribution in [2.75, 3.05) is 19.8 Å². The average molecular weight is 326 g/mol. The third-order valence-electron chi connectivity index (χ3n) is 2.79. The molecule has 0 fully saturated rings. The molecule has 1 atom stereocenters. The van der Waals surface area contributed by atoms with Gasteiger partial charge in [0.05, 0.1) is 11.5 Å². The summed E-state index contributed by atoms with van der Waals surface area (Å²) in [6.45, 7) is 10.6. The highest BCUT2D eigenvalue weighted by Crippen LogP contribution is 2.27. The Morgan fingerprint density at radius 1 is 0.913 bits per heavy atom.